The maximum Gasteiger partial charge on any atom is 0.251 e. The highest BCUT2D eigenvalue weighted by Gasteiger charge is 2.08. The summed E-state index contributed by atoms with van der Waals surface area (Å²) >= 11 is 5.64. The van der Waals surface area contributed by atoms with Crippen LogP contribution in [0.25, 0.3) is 0 Å². The fraction of sp³-hybridized carbons (Fsp3) is 0.188. The number of amides is 1. The van der Waals surface area contributed by atoms with Crippen molar-refractivity contribution in [3.05, 3.63) is 70.0 Å². The van der Waals surface area contributed by atoms with Crippen molar-refractivity contribution in [3.8, 4) is 0 Å². The normalized spacial score (nSPS) is 10.4. The minimum Gasteiger partial charge on any atom is -0.392 e. The number of aliphatic hydroxyl groups is 1. The van der Waals surface area contributed by atoms with Gasteiger partial charge >= 0.3 is 0 Å². The number of nitrogens with one attached hydrogen (secondary N) is 1. The van der Waals surface area contributed by atoms with E-state index in [4.69, 9.17) is 16.7 Å². The summed E-state index contributed by atoms with van der Waals surface area (Å²) in [5.41, 5.74) is 2.24. The fourth-order valence-corrected chi connectivity index (χ4v) is 2.05. The van der Waals surface area contributed by atoms with Gasteiger partial charge in [0.2, 0.25) is 0 Å². The zero-order chi connectivity index (χ0) is 15.2. The largest absolute Gasteiger partial charge is 0.392 e. The molecular formula is C16H15ClFNO2. The van der Waals surface area contributed by atoms with E-state index in [-0.39, 0.29) is 17.5 Å². The predicted molar refractivity (Wildman–Crippen MR) is 79.8 cm³/mol. The molecule has 0 aliphatic heterocycles. The Balaban J connectivity index is 1.87. The summed E-state index contributed by atoms with van der Waals surface area (Å²) in [6.45, 7) is 0.481. The maximum atomic E-state index is 13.0. The number of hydrogen-bond donors (Lipinski definition) is 2. The number of halogens is 2. The van der Waals surface area contributed by atoms with Gasteiger partial charge in [-0.15, -0.1) is 0 Å². The van der Waals surface area contributed by atoms with Crippen molar-refractivity contribution in [1.29, 1.82) is 0 Å². The van der Waals surface area contributed by atoms with Crippen molar-refractivity contribution in [2.75, 3.05) is 6.54 Å². The first-order valence-electron chi connectivity index (χ1n) is 6.52. The topological polar surface area (TPSA) is 49.3 Å². The van der Waals surface area contributed by atoms with Crippen LogP contribution in [0.5, 0.6) is 0 Å². The lowest BCUT2D eigenvalue weighted by Crippen LogP contribution is -2.25. The second-order valence-corrected chi connectivity index (χ2v) is 5.02. The Labute approximate surface area is 127 Å². The standard InChI is InChI=1S/C16H15ClFNO2/c17-14-9-13(5-6-15(14)18)16(21)19-8-7-11-1-3-12(10-20)4-2-11/h1-6,9,20H,7-8,10H2,(H,19,21). The Morgan fingerprint density at radius 2 is 1.81 bits per heavy atom. The van der Waals surface area contributed by atoms with Crippen LogP contribution in [0.4, 0.5) is 4.39 Å². The molecule has 0 aliphatic carbocycles. The van der Waals surface area contributed by atoms with E-state index in [9.17, 15) is 9.18 Å². The highest BCUT2D eigenvalue weighted by atomic mass is 35.5. The van der Waals surface area contributed by atoms with Crippen LogP contribution in [0.2, 0.25) is 5.02 Å². The van der Waals surface area contributed by atoms with Gasteiger partial charge in [0.05, 0.1) is 11.6 Å². The van der Waals surface area contributed by atoms with Gasteiger partial charge in [-0.2, -0.15) is 0 Å². The second-order valence-electron chi connectivity index (χ2n) is 4.61. The SMILES string of the molecule is O=C(NCCc1ccc(CO)cc1)c1ccc(F)c(Cl)c1. The van der Waals surface area contributed by atoms with Crippen LogP contribution in [-0.4, -0.2) is 17.6 Å². The van der Waals surface area contributed by atoms with E-state index in [1.54, 1.807) is 0 Å². The first-order chi connectivity index (χ1) is 10.1. The molecule has 1 amide bonds. The monoisotopic (exact) mass is 307 g/mol. The van der Waals surface area contributed by atoms with E-state index in [1.807, 2.05) is 24.3 Å². The van der Waals surface area contributed by atoms with Crippen molar-refractivity contribution in [3.63, 3.8) is 0 Å². The Kier molecular flexibility index (Phi) is 5.31. The molecular weight excluding hydrogens is 293 g/mol. The van der Waals surface area contributed by atoms with Crippen LogP contribution in [-0.2, 0) is 13.0 Å². The first-order valence-corrected chi connectivity index (χ1v) is 6.90. The molecule has 0 aromatic heterocycles. The third-order valence-corrected chi connectivity index (χ3v) is 3.38. The molecule has 0 saturated carbocycles. The molecule has 0 bridgehead atoms. The molecule has 0 atom stereocenters. The van der Waals surface area contributed by atoms with Crippen molar-refractivity contribution in [2.24, 2.45) is 0 Å². The zero-order valence-electron chi connectivity index (χ0n) is 11.3. The average molecular weight is 308 g/mol. The van der Waals surface area contributed by atoms with E-state index in [1.165, 1.54) is 18.2 Å². The van der Waals surface area contributed by atoms with Crippen molar-refractivity contribution >= 4 is 17.5 Å². The van der Waals surface area contributed by atoms with Crippen LogP contribution in [0.3, 0.4) is 0 Å². The molecule has 110 valence electrons. The van der Waals surface area contributed by atoms with E-state index < -0.39 is 5.82 Å². The number of hydrogen-bond acceptors (Lipinski definition) is 2. The highest BCUT2D eigenvalue weighted by molar-refractivity contribution is 6.31. The van der Waals surface area contributed by atoms with Gasteiger partial charge in [-0.25, -0.2) is 4.39 Å². The summed E-state index contributed by atoms with van der Waals surface area (Å²) in [5, 5.41) is 11.6. The van der Waals surface area contributed by atoms with Gasteiger partial charge in [0.25, 0.3) is 5.91 Å². The lowest BCUT2D eigenvalue weighted by molar-refractivity contribution is 0.0954. The zero-order valence-corrected chi connectivity index (χ0v) is 12.0. The van der Waals surface area contributed by atoms with Crippen LogP contribution >= 0.6 is 11.6 Å². The van der Waals surface area contributed by atoms with Gasteiger partial charge in [0, 0.05) is 12.1 Å². The summed E-state index contributed by atoms with van der Waals surface area (Å²) in [5.74, 6) is -0.832. The Hall–Kier alpha value is -1.91. The molecule has 3 nitrogen and oxygen atoms in total. The minimum absolute atomic E-state index is 0.0162. The highest BCUT2D eigenvalue weighted by Crippen LogP contribution is 2.15. The fourth-order valence-electron chi connectivity index (χ4n) is 1.87. The minimum atomic E-state index is -0.544. The summed E-state index contributed by atoms with van der Waals surface area (Å²) < 4.78 is 13.0. The van der Waals surface area contributed by atoms with Gasteiger partial charge in [0.15, 0.2) is 0 Å². The van der Waals surface area contributed by atoms with Crippen molar-refractivity contribution < 1.29 is 14.3 Å². The first kappa shape index (κ1) is 15.5. The average Bonchev–Trinajstić information content (AvgIpc) is 2.50. The van der Waals surface area contributed by atoms with Crippen LogP contribution in [0.1, 0.15) is 21.5 Å². The Bertz CT molecular complexity index is 629. The summed E-state index contributed by atoms with van der Waals surface area (Å²) in [4.78, 5) is 11.9. The molecule has 2 aromatic rings. The number of rotatable bonds is 5. The van der Waals surface area contributed by atoms with Gasteiger partial charge in [-0.1, -0.05) is 35.9 Å². The summed E-state index contributed by atoms with van der Waals surface area (Å²) in [6, 6.07) is 11.4. The van der Waals surface area contributed by atoms with Gasteiger partial charge in [-0.05, 0) is 35.7 Å². The quantitative estimate of drug-likeness (QED) is 0.892. The third kappa shape index (κ3) is 4.28. The predicted octanol–water partition coefficient (Wildman–Crippen LogP) is 2.94. The van der Waals surface area contributed by atoms with Crippen molar-refractivity contribution in [2.45, 2.75) is 13.0 Å². The molecule has 0 spiro atoms. The molecule has 0 saturated heterocycles. The molecule has 0 radical (unpaired) electrons. The molecule has 5 heteroatoms. The van der Waals surface area contributed by atoms with Gasteiger partial charge < -0.3 is 10.4 Å². The molecule has 21 heavy (non-hydrogen) atoms. The number of aliphatic hydroxyl groups excluding tert-OH is 1. The molecule has 2 rings (SSSR count). The van der Waals surface area contributed by atoms with E-state index in [0.717, 1.165) is 11.1 Å². The lowest BCUT2D eigenvalue weighted by Gasteiger charge is -2.06. The van der Waals surface area contributed by atoms with Crippen LogP contribution in [0.15, 0.2) is 42.5 Å². The maximum absolute atomic E-state index is 13.0. The van der Waals surface area contributed by atoms with Gasteiger partial charge in [0.1, 0.15) is 5.82 Å². The Morgan fingerprint density at radius 1 is 1.14 bits per heavy atom. The molecule has 2 N–H and O–H groups in total. The summed E-state index contributed by atoms with van der Waals surface area (Å²) in [6.07, 6.45) is 0.673. The molecule has 0 heterocycles. The molecule has 0 fully saturated rings. The third-order valence-electron chi connectivity index (χ3n) is 3.09. The van der Waals surface area contributed by atoms with Crippen LogP contribution in [0, 0.1) is 5.82 Å². The Morgan fingerprint density at radius 3 is 2.43 bits per heavy atom. The van der Waals surface area contributed by atoms with Crippen LogP contribution < -0.4 is 5.32 Å². The molecule has 2 aromatic carbocycles. The van der Waals surface area contributed by atoms with Crippen molar-refractivity contribution in [1.82, 2.24) is 5.32 Å². The number of carbonyl (C=O) groups excluding carboxylic acids is 1. The lowest BCUT2D eigenvalue weighted by atomic mass is 10.1. The van der Waals surface area contributed by atoms with E-state index >= 15 is 0 Å². The molecule has 0 aliphatic rings. The number of benzene rings is 2. The van der Waals surface area contributed by atoms with E-state index in [0.29, 0.717) is 18.5 Å². The smallest absolute Gasteiger partial charge is 0.251 e. The second kappa shape index (κ2) is 7.20. The van der Waals surface area contributed by atoms with Gasteiger partial charge in [-0.3, -0.25) is 4.79 Å². The molecule has 0 unspecified atom stereocenters. The summed E-state index contributed by atoms with van der Waals surface area (Å²) in [7, 11) is 0. The van der Waals surface area contributed by atoms with E-state index in [2.05, 4.69) is 5.32 Å². The number of carbonyl (C=O) groups is 1.